The van der Waals surface area contributed by atoms with Gasteiger partial charge < -0.3 is 10.4 Å². The SMILES string of the molecule is Cn1cc(C(NC(=O)CCC2=NNC(=O)CC2)C2CC(O)C2)cn1. The summed E-state index contributed by atoms with van der Waals surface area (Å²) in [4.78, 5) is 23.4. The third-order valence-electron chi connectivity index (χ3n) is 4.64. The van der Waals surface area contributed by atoms with Gasteiger partial charge in [-0.15, -0.1) is 0 Å². The summed E-state index contributed by atoms with van der Waals surface area (Å²) in [6.07, 6.45) is 6.69. The van der Waals surface area contributed by atoms with Gasteiger partial charge in [-0.3, -0.25) is 14.3 Å². The molecule has 0 radical (unpaired) electrons. The van der Waals surface area contributed by atoms with Gasteiger partial charge in [0.25, 0.3) is 0 Å². The Labute approximate surface area is 140 Å². The van der Waals surface area contributed by atoms with Crippen LogP contribution in [0, 0.1) is 5.92 Å². The molecule has 2 amide bonds. The molecule has 1 aromatic rings. The monoisotopic (exact) mass is 333 g/mol. The molecule has 1 unspecified atom stereocenters. The van der Waals surface area contributed by atoms with Crippen LogP contribution in [0.4, 0.5) is 0 Å². The minimum atomic E-state index is -0.272. The van der Waals surface area contributed by atoms with E-state index in [1.54, 1.807) is 10.9 Å². The summed E-state index contributed by atoms with van der Waals surface area (Å²) in [5.41, 5.74) is 4.26. The molecule has 1 aliphatic heterocycles. The van der Waals surface area contributed by atoms with Gasteiger partial charge in [0.2, 0.25) is 11.8 Å². The molecule has 8 heteroatoms. The first kappa shape index (κ1) is 16.6. The zero-order valence-electron chi connectivity index (χ0n) is 13.7. The Hall–Kier alpha value is -2.22. The minimum Gasteiger partial charge on any atom is -0.393 e. The summed E-state index contributed by atoms with van der Waals surface area (Å²) < 4.78 is 1.71. The largest absolute Gasteiger partial charge is 0.393 e. The van der Waals surface area contributed by atoms with Gasteiger partial charge in [0.15, 0.2) is 0 Å². The Balaban J connectivity index is 1.56. The van der Waals surface area contributed by atoms with Crippen molar-refractivity contribution < 1.29 is 14.7 Å². The second-order valence-corrected chi connectivity index (χ2v) is 6.59. The number of nitrogens with zero attached hydrogens (tertiary/aromatic N) is 3. The number of amides is 2. The number of hydrogen-bond donors (Lipinski definition) is 3. The van der Waals surface area contributed by atoms with Crippen LogP contribution in [0.2, 0.25) is 0 Å². The molecule has 130 valence electrons. The number of nitrogens with one attached hydrogen (secondary N) is 2. The van der Waals surface area contributed by atoms with Gasteiger partial charge in [-0.25, -0.2) is 5.43 Å². The Morgan fingerprint density at radius 2 is 2.29 bits per heavy atom. The molecule has 24 heavy (non-hydrogen) atoms. The lowest BCUT2D eigenvalue weighted by Gasteiger charge is -2.37. The highest BCUT2D eigenvalue weighted by molar-refractivity contribution is 5.94. The van der Waals surface area contributed by atoms with Crippen molar-refractivity contribution in [2.24, 2.45) is 18.1 Å². The number of carbonyl (C=O) groups is 2. The van der Waals surface area contributed by atoms with E-state index in [9.17, 15) is 14.7 Å². The highest BCUT2D eigenvalue weighted by Crippen LogP contribution is 2.38. The molecule has 3 rings (SSSR count). The summed E-state index contributed by atoms with van der Waals surface area (Å²) >= 11 is 0. The van der Waals surface area contributed by atoms with Gasteiger partial charge >= 0.3 is 0 Å². The van der Waals surface area contributed by atoms with Crippen LogP contribution in [0.15, 0.2) is 17.5 Å². The van der Waals surface area contributed by atoms with Gasteiger partial charge in [-0.1, -0.05) is 0 Å². The summed E-state index contributed by atoms with van der Waals surface area (Å²) in [5, 5.41) is 20.8. The van der Waals surface area contributed by atoms with Gasteiger partial charge in [-0.05, 0) is 31.6 Å². The van der Waals surface area contributed by atoms with E-state index in [0.717, 1.165) is 11.3 Å². The van der Waals surface area contributed by atoms with Crippen LogP contribution >= 0.6 is 0 Å². The molecular formula is C16H23N5O3. The lowest BCUT2D eigenvalue weighted by molar-refractivity contribution is -0.123. The Kier molecular flexibility index (Phi) is 4.94. The van der Waals surface area contributed by atoms with Crippen molar-refractivity contribution in [2.75, 3.05) is 0 Å². The fraction of sp³-hybridized carbons (Fsp3) is 0.625. The van der Waals surface area contributed by atoms with Crippen LogP contribution < -0.4 is 10.7 Å². The Morgan fingerprint density at radius 3 is 2.88 bits per heavy atom. The van der Waals surface area contributed by atoms with Crippen molar-refractivity contribution in [1.29, 1.82) is 0 Å². The standard InChI is InChI=1S/C16H23N5O3/c1-21-9-11(8-17-21)16(10-6-13(22)7-10)18-14(23)4-2-12-3-5-15(24)20-19-12/h8-10,13,16,22H,2-7H2,1H3,(H,18,23)(H,20,24). The third-order valence-corrected chi connectivity index (χ3v) is 4.64. The lowest BCUT2D eigenvalue weighted by Crippen LogP contribution is -2.41. The summed E-state index contributed by atoms with van der Waals surface area (Å²) in [6, 6.07) is -0.123. The van der Waals surface area contributed by atoms with Crippen LogP contribution in [-0.4, -0.2) is 38.5 Å². The van der Waals surface area contributed by atoms with Crippen molar-refractivity contribution in [3.8, 4) is 0 Å². The molecule has 1 fully saturated rings. The predicted octanol–water partition coefficient (Wildman–Crippen LogP) is 0.394. The van der Waals surface area contributed by atoms with Crippen molar-refractivity contribution in [1.82, 2.24) is 20.5 Å². The maximum Gasteiger partial charge on any atom is 0.240 e. The van der Waals surface area contributed by atoms with Crippen LogP contribution in [0.25, 0.3) is 0 Å². The summed E-state index contributed by atoms with van der Waals surface area (Å²) in [5.74, 6) is 0.104. The van der Waals surface area contributed by atoms with E-state index in [1.807, 2.05) is 13.2 Å². The number of hydrogen-bond acceptors (Lipinski definition) is 5. The molecule has 0 bridgehead atoms. The molecule has 1 aromatic heterocycles. The average Bonchev–Trinajstić information content (AvgIpc) is 2.96. The van der Waals surface area contributed by atoms with E-state index in [4.69, 9.17) is 0 Å². The minimum absolute atomic E-state index is 0.0511. The van der Waals surface area contributed by atoms with Crippen molar-refractivity contribution >= 4 is 17.5 Å². The molecule has 1 atom stereocenters. The quantitative estimate of drug-likeness (QED) is 0.700. The number of rotatable bonds is 6. The fourth-order valence-corrected chi connectivity index (χ4v) is 3.17. The molecule has 8 nitrogen and oxygen atoms in total. The maximum atomic E-state index is 12.3. The van der Waals surface area contributed by atoms with Crippen molar-refractivity contribution in [3.63, 3.8) is 0 Å². The number of carbonyl (C=O) groups excluding carboxylic acids is 2. The van der Waals surface area contributed by atoms with Crippen LogP contribution in [-0.2, 0) is 16.6 Å². The number of aromatic nitrogens is 2. The molecular weight excluding hydrogens is 310 g/mol. The van der Waals surface area contributed by atoms with Crippen LogP contribution in [0.3, 0.4) is 0 Å². The van der Waals surface area contributed by atoms with Gasteiger partial charge in [0.1, 0.15) is 0 Å². The maximum absolute atomic E-state index is 12.3. The van der Waals surface area contributed by atoms with Crippen LogP contribution in [0.5, 0.6) is 0 Å². The topological polar surface area (TPSA) is 109 Å². The van der Waals surface area contributed by atoms with Gasteiger partial charge in [-0.2, -0.15) is 10.2 Å². The number of aliphatic hydroxyl groups excluding tert-OH is 1. The van der Waals surface area contributed by atoms with E-state index in [-0.39, 0.29) is 29.9 Å². The van der Waals surface area contributed by atoms with Gasteiger partial charge in [0.05, 0.1) is 18.3 Å². The van der Waals surface area contributed by atoms with E-state index in [1.165, 1.54) is 0 Å². The predicted molar refractivity (Wildman–Crippen MR) is 86.9 cm³/mol. The number of aryl methyl sites for hydroxylation is 1. The highest BCUT2D eigenvalue weighted by atomic mass is 16.3. The lowest BCUT2D eigenvalue weighted by atomic mass is 9.75. The third kappa shape index (κ3) is 4.00. The smallest absolute Gasteiger partial charge is 0.240 e. The first-order valence-electron chi connectivity index (χ1n) is 8.31. The van der Waals surface area contributed by atoms with E-state index < -0.39 is 0 Å². The molecule has 1 saturated carbocycles. The number of aliphatic hydroxyl groups is 1. The fourth-order valence-electron chi connectivity index (χ4n) is 3.17. The normalized spacial score (nSPS) is 24.6. The van der Waals surface area contributed by atoms with E-state index in [2.05, 4.69) is 20.9 Å². The van der Waals surface area contributed by atoms with E-state index in [0.29, 0.717) is 38.5 Å². The molecule has 1 aliphatic carbocycles. The summed E-state index contributed by atoms with van der Waals surface area (Å²) in [7, 11) is 1.84. The molecule has 0 saturated heterocycles. The van der Waals surface area contributed by atoms with Crippen molar-refractivity contribution in [2.45, 2.75) is 50.7 Å². The molecule has 0 aromatic carbocycles. The first-order chi connectivity index (χ1) is 11.5. The molecule has 3 N–H and O–H groups in total. The second kappa shape index (κ2) is 7.12. The first-order valence-corrected chi connectivity index (χ1v) is 8.31. The second-order valence-electron chi connectivity index (χ2n) is 6.59. The zero-order valence-corrected chi connectivity index (χ0v) is 13.7. The number of hydrazone groups is 1. The van der Waals surface area contributed by atoms with Gasteiger partial charge in [0, 0.05) is 37.4 Å². The van der Waals surface area contributed by atoms with E-state index >= 15 is 0 Å². The molecule has 2 heterocycles. The Bertz CT molecular complexity index is 648. The zero-order chi connectivity index (χ0) is 17.1. The Morgan fingerprint density at radius 1 is 1.50 bits per heavy atom. The average molecular weight is 333 g/mol. The molecule has 2 aliphatic rings. The van der Waals surface area contributed by atoms with Crippen molar-refractivity contribution in [3.05, 3.63) is 18.0 Å². The highest BCUT2D eigenvalue weighted by Gasteiger charge is 2.36. The molecule has 0 spiro atoms. The van der Waals surface area contributed by atoms with Crippen LogP contribution in [0.1, 0.15) is 50.1 Å². The summed E-state index contributed by atoms with van der Waals surface area (Å²) in [6.45, 7) is 0.